The molecule has 30 heavy (non-hydrogen) atoms. The van der Waals surface area contributed by atoms with Crippen LogP contribution in [0.1, 0.15) is 26.5 Å². The van der Waals surface area contributed by atoms with Gasteiger partial charge in [0.25, 0.3) is 11.3 Å². The molecule has 1 amide bonds. The average Bonchev–Trinajstić information content (AvgIpc) is 3.11. The molecular formula is C18H23N7O4S. The molecule has 3 N–H and O–H groups in total. The fourth-order valence-corrected chi connectivity index (χ4v) is 3.31. The van der Waals surface area contributed by atoms with E-state index < -0.39 is 11.0 Å². The van der Waals surface area contributed by atoms with Crippen LogP contribution in [-0.4, -0.2) is 50.4 Å². The number of nitrogens with one attached hydrogen (secondary N) is 1. The molecule has 2 aromatic heterocycles. The normalized spacial score (nSPS) is 11.5. The summed E-state index contributed by atoms with van der Waals surface area (Å²) in [4.78, 5) is 24.9. The largest absolute Gasteiger partial charge is 0.497 e. The minimum absolute atomic E-state index is 0.0252. The predicted octanol–water partition coefficient (Wildman–Crippen LogP) is 1.05. The first kappa shape index (κ1) is 21.4. The summed E-state index contributed by atoms with van der Waals surface area (Å²) in [6.45, 7) is 5.57. The van der Waals surface area contributed by atoms with Crippen molar-refractivity contribution in [1.82, 2.24) is 24.5 Å². The summed E-state index contributed by atoms with van der Waals surface area (Å²) in [6.07, 6.45) is 0. The van der Waals surface area contributed by atoms with Crippen LogP contribution in [0.25, 0.3) is 5.78 Å². The van der Waals surface area contributed by atoms with Gasteiger partial charge in [0.05, 0.1) is 25.7 Å². The number of ether oxygens (including phenoxy) is 2. The van der Waals surface area contributed by atoms with E-state index in [1.807, 2.05) is 20.8 Å². The Morgan fingerprint density at radius 2 is 1.97 bits per heavy atom. The lowest BCUT2D eigenvalue weighted by Gasteiger charge is -2.17. The molecule has 0 spiro atoms. The third-order valence-electron chi connectivity index (χ3n) is 4.16. The average molecular weight is 433 g/mol. The molecule has 0 aliphatic carbocycles. The smallest absolute Gasteiger partial charge is 0.295 e. The third kappa shape index (κ3) is 4.17. The number of amides is 1. The van der Waals surface area contributed by atoms with Gasteiger partial charge in [-0.15, -0.1) is 10.2 Å². The third-order valence-corrected chi connectivity index (χ3v) is 5.08. The summed E-state index contributed by atoms with van der Waals surface area (Å²) in [5, 5.41) is 15.4. The monoisotopic (exact) mass is 433 g/mol. The van der Waals surface area contributed by atoms with Gasteiger partial charge in [-0.1, -0.05) is 32.5 Å². The Bertz CT molecular complexity index is 1150. The second-order valence-electron chi connectivity index (χ2n) is 7.37. The van der Waals surface area contributed by atoms with Crippen molar-refractivity contribution in [1.29, 1.82) is 0 Å². The van der Waals surface area contributed by atoms with E-state index >= 15 is 0 Å². The Kier molecular flexibility index (Phi) is 5.87. The molecule has 0 saturated carbocycles. The maximum atomic E-state index is 12.5. The molecule has 3 rings (SSSR count). The summed E-state index contributed by atoms with van der Waals surface area (Å²) in [7, 11) is 3.05. The molecule has 0 aliphatic heterocycles. The van der Waals surface area contributed by atoms with Crippen molar-refractivity contribution in [3.8, 4) is 11.5 Å². The van der Waals surface area contributed by atoms with Crippen LogP contribution in [0, 0.1) is 0 Å². The molecule has 1 aromatic carbocycles. The first-order valence-corrected chi connectivity index (χ1v) is 9.93. The number of carbonyl (C=O) groups is 1. The lowest BCUT2D eigenvalue weighted by molar-refractivity contribution is -0.113. The summed E-state index contributed by atoms with van der Waals surface area (Å²) >= 11 is 1.11. The van der Waals surface area contributed by atoms with Crippen molar-refractivity contribution in [2.24, 2.45) is 0 Å². The molecule has 0 atom stereocenters. The highest BCUT2D eigenvalue weighted by Gasteiger charge is 2.25. The summed E-state index contributed by atoms with van der Waals surface area (Å²) in [6, 6.07) is 5.10. The summed E-state index contributed by atoms with van der Waals surface area (Å²) in [5.41, 5.74) is -0.220. The second-order valence-corrected chi connectivity index (χ2v) is 8.31. The van der Waals surface area contributed by atoms with E-state index in [9.17, 15) is 9.59 Å². The highest BCUT2D eigenvalue weighted by Crippen LogP contribution is 2.29. The number of nitrogens with zero attached hydrogens (tertiary/aromatic N) is 5. The number of nitrogen functional groups attached to an aromatic ring is 1. The number of nitrogens with two attached hydrogens (primary N) is 1. The highest BCUT2D eigenvalue weighted by molar-refractivity contribution is 7.99. The van der Waals surface area contributed by atoms with Gasteiger partial charge in [-0.25, -0.2) is 0 Å². The number of aromatic nitrogens is 5. The zero-order valence-corrected chi connectivity index (χ0v) is 18.1. The van der Waals surface area contributed by atoms with Gasteiger partial charge >= 0.3 is 0 Å². The number of anilines is 1. The van der Waals surface area contributed by atoms with Gasteiger partial charge in [-0.05, 0) is 12.1 Å². The lowest BCUT2D eigenvalue weighted by atomic mass is 9.93. The van der Waals surface area contributed by atoms with Crippen LogP contribution in [0.4, 0.5) is 5.69 Å². The van der Waals surface area contributed by atoms with Crippen molar-refractivity contribution in [3.63, 3.8) is 0 Å². The first-order chi connectivity index (χ1) is 14.2. The quantitative estimate of drug-likeness (QED) is 0.431. The molecule has 12 heteroatoms. The fraction of sp³-hybridized carbons (Fsp3) is 0.389. The number of hydrogen-bond acceptors (Lipinski definition) is 9. The van der Waals surface area contributed by atoms with Crippen molar-refractivity contribution in [2.45, 2.75) is 31.3 Å². The zero-order valence-electron chi connectivity index (χ0n) is 17.3. The standard InChI is InChI=1S/C18H23N7O4S/c1-18(2,3)14-15(27)24(19)16-21-22-17(25(16)23-14)30-9-13(26)20-11-8-10(28-4)6-7-12(11)29-5/h6-8H,9,19H2,1-5H3,(H,20,26). The van der Waals surface area contributed by atoms with Gasteiger partial charge < -0.3 is 20.6 Å². The minimum Gasteiger partial charge on any atom is -0.497 e. The van der Waals surface area contributed by atoms with Crippen molar-refractivity contribution >= 4 is 29.1 Å². The molecule has 0 saturated heterocycles. The van der Waals surface area contributed by atoms with Gasteiger partial charge in [0.15, 0.2) is 0 Å². The molecule has 160 valence electrons. The van der Waals surface area contributed by atoms with Crippen molar-refractivity contribution in [2.75, 3.05) is 31.1 Å². The van der Waals surface area contributed by atoms with Crippen molar-refractivity contribution in [3.05, 3.63) is 34.2 Å². The number of thioether (sulfide) groups is 1. The topological polar surface area (TPSA) is 139 Å². The molecule has 0 fully saturated rings. The molecule has 0 aliphatic rings. The van der Waals surface area contributed by atoms with Gasteiger partial charge in [0.1, 0.15) is 17.2 Å². The lowest BCUT2D eigenvalue weighted by Crippen LogP contribution is -2.38. The van der Waals surface area contributed by atoms with Gasteiger partial charge in [0.2, 0.25) is 11.1 Å². The van der Waals surface area contributed by atoms with Crippen LogP contribution in [0.15, 0.2) is 28.2 Å². The maximum absolute atomic E-state index is 12.5. The molecule has 11 nitrogen and oxygen atoms in total. The zero-order chi connectivity index (χ0) is 22.1. The summed E-state index contributed by atoms with van der Waals surface area (Å²) < 4.78 is 12.7. The van der Waals surface area contributed by atoms with E-state index in [0.717, 1.165) is 16.4 Å². The first-order valence-electron chi connectivity index (χ1n) is 8.94. The Morgan fingerprint density at radius 1 is 1.23 bits per heavy atom. The van der Waals surface area contributed by atoms with Gasteiger partial charge in [0, 0.05) is 11.5 Å². The highest BCUT2D eigenvalue weighted by atomic mass is 32.2. The Hall–Kier alpha value is -3.28. The SMILES string of the molecule is COc1ccc(OC)c(NC(=O)CSc2nnc3n(N)c(=O)c(C(C)(C)C)nn23)c1. The van der Waals surface area contributed by atoms with E-state index in [1.165, 1.54) is 18.7 Å². The van der Waals surface area contributed by atoms with Gasteiger partial charge in [-0.3, -0.25) is 9.59 Å². The molecule has 0 bridgehead atoms. The second kappa shape index (κ2) is 8.22. The van der Waals surface area contributed by atoms with Crippen LogP contribution in [-0.2, 0) is 10.2 Å². The number of benzene rings is 1. The van der Waals surface area contributed by atoms with E-state index in [4.69, 9.17) is 15.3 Å². The van der Waals surface area contributed by atoms with Crippen LogP contribution in [0.3, 0.4) is 0 Å². The molecule has 3 aromatic rings. The van der Waals surface area contributed by atoms with E-state index in [-0.39, 0.29) is 23.1 Å². The Labute approximate surface area is 176 Å². The molecule has 2 heterocycles. The number of fused-ring (bicyclic) bond motifs is 1. The summed E-state index contributed by atoms with van der Waals surface area (Å²) in [5.74, 6) is 6.79. The van der Waals surface area contributed by atoms with Crippen molar-refractivity contribution < 1.29 is 14.3 Å². The fourth-order valence-electron chi connectivity index (χ4n) is 2.63. The van der Waals surface area contributed by atoms with Crippen LogP contribution in [0.2, 0.25) is 0 Å². The van der Waals surface area contributed by atoms with Gasteiger partial charge in [-0.2, -0.15) is 14.3 Å². The molecule has 0 radical (unpaired) electrons. The molecule has 0 unspecified atom stereocenters. The minimum atomic E-state index is -0.529. The number of methoxy groups -OCH3 is 2. The van der Waals surface area contributed by atoms with E-state index in [2.05, 4.69) is 20.6 Å². The van der Waals surface area contributed by atoms with E-state index in [1.54, 1.807) is 18.2 Å². The maximum Gasteiger partial charge on any atom is 0.295 e. The number of hydrogen-bond donors (Lipinski definition) is 2. The number of carbonyl (C=O) groups excluding carboxylic acids is 1. The molecular weight excluding hydrogens is 410 g/mol. The Balaban J connectivity index is 1.82. The Morgan fingerprint density at radius 3 is 2.60 bits per heavy atom. The van der Waals surface area contributed by atoms with Crippen LogP contribution >= 0.6 is 11.8 Å². The predicted molar refractivity (Wildman–Crippen MR) is 113 cm³/mol. The van der Waals surface area contributed by atoms with E-state index in [0.29, 0.717) is 22.3 Å². The number of rotatable bonds is 6. The van der Waals surface area contributed by atoms with Crippen LogP contribution < -0.4 is 26.2 Å². The van der Waals surface area contributed by atoms with Crippen LogP contribution in [0.5, 0.6) is 11.5 Å².